The minimum atomic E-state index is -1.03. The van der Waals surface area contributed by atoms with Crippen molar-refractivity contribution in [2.45, 2.75) is 180 Å². The third kappa shape index (κ3) is 25.0. The van der Waals surface area contributed by atoms with E-state index in [9.17, 15) is 19.8 Å². The fourth-order valence-electron chi connectivity index (χ4n) is 5.27. The lowest BCUT2D eigenvalue weighted by Gasteiger charge is -2.28. The zero-order chi connectivity index (χ0) is 27.4. The van der Waals surface area contributed by atoms with Crippen LogP contribution < -0.4 is 0 Å². The van der Waals surface area contributed by atoms with Gasteiger partial charge in [0.1, 0.15) is 6.04 Å². The second kappa shape index (κ2) is 27.9. The van der Waals surface area contributed by atoms with Gasteiger partial charge in [0, 0.05) is 0 Å². The highest BCUT2D eigenvalue weighted by atomic mass is 16.4. The highest BCUT2D eigenvalue weighted by Gasteiger charge is 2.27. The van der Waals surface area contributed by atoms with E-state index in [0.29, 0.717) is 13.1 Å². The van der Waals surface area contributed by atoms with E-state index in [1.54, 1.807) is 0 Å². The van der Waals surface area contributed by atoms with Crippen molar-refractivity contribution < 1.29 is 19.8 Å². The van der Waals surface area contributed by atoms with Crippen molar-refractivity contribution in [3.63, 3.8) is 0 Å². The van der Waals surface area contributed by atoms with Crippen LogP contribution in [0.25, 0.3) is 0 Å². The third-order valence-electron chi connectivity index (χ3n) is 7.69. The van der Waals surface area contributed by atoms with Crippen LogP contribution in [0.2, 0.25) is 0 Å². The summed E-state index contributed by atoms with van der Waals surface area (Å²) in [6.45, 7) is 5.90. The molecule has 0 aromatic heterocycles. The van der Waals surface area contributed by atoms with Crippen LogP contribution in [-0.2, 0) is 9.59 Å². The molecule has 220 valence electrons. The molecule has 0 bridgehead atoms. The average Bonchev–Trinajstić information content (AvgIpc) is 2.87. The van der Waals surface area contributed by atoms with Crippen molar-refractivity contribution in [3.8, 4) is 0 Å². The van der Waals surface area contributed by atoms with Gasteiger partial charge in [-0.2, -0.15) is 0 Å². The Balaban J connectivity index is 4.05. The number of hydrogen-bond donors (Lipinski definition) is 2. The average molecular weight is 526 g/mol. The Hall–Kier alpha value is -1.10. The predicted molar refractivity (Wildman–Crippen MR) is 157 cm³/mol. The lowest BCUT2D eigenvalue weighted by atomic mass is 10.0. The summed E-state index contributed by atoms with van der Waals surface area (Å²) in [6.07, 6.45) is 30.3. The van der Waals surface area contributed by atoms with Crippen molar-refractivity contribution in [3.05, 3.63) is 0 Å². The summed E-state index contributed by atoms with van der Waals surface area (Å²) >= 11 is 0. The van der Waals surface area contributed by atoms with Gasteiger partial charge in [0.15, 0.2) is 0 Å². The lowest BCUT2D eigenvalue weighted by molar-refractivity contribution is -0.149. The van der Waals surface area contributed by atoms with Crippen LogP contribution in [0.3, 0.4) is 0 Å². The minimum absolute atomic E-state index is 0.314. The molecule has 0 saturated carbocycles. The fourth-order valence-corrected chi connectivity index (χ4v) is 5.27. The first-order chi connectivity index (χ1) is 18.0. The highest BCUT2D eigenvalue weighted by Crippen LogP contribution is 2.16. The van der Waals surface area contributed by atoms with Gasteiger partial charge in [0.05, 0.1) is 6.42 Å². The second-order valence-corrected chi connectivity index (χ2v) is 11.3. The topological polar surface area (TPSA) is 77.8 Å². The number of nitrogens with zero attached hydrogens (tertiary/aromatic N) is 1. The molecule has 37 heavy (non-hydrogen) atoms. The quantitative estimate of drug-likeness (QED) is 0.0913. The Morgan fingerprint density at radius 1 is 0.486 bits per heavy atom. The summed E-state index contributed by atoms with van der Waals surface area (Å²) in [6, 6.07) is -0.905. The first kappa shape index (κ1) is 35.9. The number of aliphatic carboxylic acids is 2. The van der Waals surface area contributed by atoms with E-state index in [1.807, 2.05) is 4.90 Å². The Labute approximate surface area is 230 Å². The summed E-state index contributed by atoms with van der Waals surface area (Å²) in [4.78, 5) is 25.0. The molecular formula is C32H63NO4. The normalized spacial score (nSPS) is 12.3. The van der Waals surface area contributed by atoms with Crippen molar-refractivity contribution in [1.82, 2.24) is 4.90 Å². The zero-order valence-corrected chi connectivity index (χ0v) is 24.8. The van der Waals surface area contributed by atoms with E-state index in [-0.39, 0.29) is 6.42 Å². The van der Waals surface area contributed by atoms with Crippen molar-refractivity contribution in [2.75, 3.05) is 13.1 Å². The molecule has 0 heterocycles. The van der Waals surface area contributed by atoms with Gasteiger partial charge in [-0.3, -0.25) is 14.5 Å². The number of carboxylic acids is 2. The van der Waals surface area contributed by atoms with E-state index in [2.05, 4.69) is 13.8 Å². The number of unbranched alkanes of at least 4 members (excludes halogenated alkanes) is 22. The minimum Gasteiger partial charge on any atom is -0.481 e. The first-order valence-electron chi connectivity index (χ1n) is 16.2. The van der Waals surface area contributed by atoms with Gasteiger partial charge < -0.3 is 10.2 Å². The van der Waals surface area contributed by atoms with Crippen LogP contribution in [0.4, 0.5) is 0 Å². The van der Waals surface area contributed by atoms with E-state index in [4.69, 9.17) is 0 Å². The lowest BCUT2D eigenvalue weighted by Crippen LogP contribution is -2.43. The molecule has 0 aliphatic rings. The maximum atomic E-state index is 11.8. The van der Waals surface area contributed by atoms with Gasteiger partial charge in [-0.15, -0.1) is 0 Å². The van der Waals surface area contributed by atoms with Gasteiger partial charge in [0.25, 0.3) is 0 Å². The number of carboxylic acid groups (broad SMARTS) is 2. The summed E-state index contributed by atoms with van der Waals surface area (Å²) in [5.41, 5.74) is 0. The van der Waals surface area contributed by atoms with Crippen LogP contribution in [0.1, 0.15) is 174 Å². The summed E-state index contributed by atoms with van der Waals surface area (Å²) in [7, 11) is 0. The fraction of sp³-hybridized carbons (Fsp3) is 0.938. The van der Waals surface area contributed by atoms with Gasteiger partial charge in [-0.05, 0) is 25.9 Å². The van der Waals surface area contributed by atoms with Gasteiger partial charge >= 0.3 is 11.9 Å². The molecule has 0 spiro atoms. The van der Waals surface area contributed by atoms with E-state index >= 15 is 0 Å². The standard InChI is InChI=1S/C32H63NO4/c1-3-5-7-9-11-13-15-17-19-21-23-25-27-33(30(32(36)37)29-31(34)35)28-26-24-22-20-18-16-14-12-10-8-6-4-2/h30H,3-29H2,1-2H3,(H,34,35)(H,36,37)/t30-/m0/s1. The van der Waals surface area contributed by atoms with Gasteiger partial charge in [0.2, 0.25) is 0 Å². The van der Waals surface area contributed by atoms with Crippen molar-refractivity contribution >= 4 is 11.9 Å². The molecule has 5 nitrogen and oxygen atoms in total. The maximum Gasteiger partial charge on any atom is 0.321 e. The third-order valence-corrected chi connectivity index (χ3v) is 7.69. The molecule has 0 aliphatic heterocycles. The van der Waals surface area contributed by atoms with Gasteiger partial charge in [-0.1, -0.05) is 155 Å². The number of hydrogen-bond acceptors (Lipinski definition) is 3. The molecule has 2 N–H and O–H groups in total. The van der Waals surface area contributed by atoms with E-state index < -0.39 is 18.0 Å². The molecule has 0 radical (unpaired) electrons. The zero-order valence-electron chi connectivity index (χ0n) is 24.8. The molecule has 0 amide bonds. The molecule has 5 heteroatoms. The van der Waals surface area contributed by atoms with Crippen LogP contribution in [-0.4, -0.2) is 46.2 Å². The molecule has 0 unspecified atom stereocenters. The first-order valence-corrected chi connectivity index (χ1v) is 16.2. The largest absolute Gasteiger partial charge is 0.481 e. The molecule has 0 aliphatic carbocycles. The number of carbonyl (C=O) groups is 2. The molecular weight excluding hydrogens is 462 g/mol. The smallest absolute Gasteiger partial charge is 0.321 e. The van der Waals surface area contributed by atoms with Crippen LogP contribution in [0.5, 0.6) is 0 Å². The van der Waals surface area contributed by atoms with Gasteiger partial charge in [-0.25, -0.2) is 0 Å². The maximum absolute atomic E-state index is 11.8. The van der Waals surface area contributed by atoms with E-state index in [0.717, 1.165) is 25.7 Å². The molecule has 0 rings (SSSR count). The molecule has 0 saturated heterocycles. The van der Waals surface area contributed by atoms with Crippen LogP contribution in [0, 0.1) is 0 Å². The Morgan fingerprint density at radius 2 is 0.757 bits per heavy atom. The molecule has 0 aromatic rings. The van der Waals surface area contributed by atoms with Crippen LogP contribution >= 0.6 is 0 Å². The summed E-state index contributed by atoms with van der Waals surface area (Å²) < 4.78 is 0. The predicted octanol–water partition coefficient (Wildman–Crippen LogP) is 9.62. The van der Waals surface area contributed by atoms with Crippen LogP contribution in [0.15, 0.2) is 0 Å². The highest BCUT2D eigenvalue weighted by molar-refractivity contribution is 5.80. The van der Waals surface area contributed by atoms with Crippen molar-refractivity contribution in [1.29, 1.82) is 0 Å². The molecule has 0 fully saturated rings. The SMILES string of the molecule is CCCCCCCCCCCCCCN(CCCCCCCCCCCCCC)[C@@H](CC(=O)O)C(=O)O. The monoisotopic (exact) mass is 525 g/mol. The van der Waals surface area contributed by atoms with Crippen molar-refractivity contribution in [2.24, 2.45) is 0 Å². The summed E-state index contributed by atoms with van der Waals surface area (Å²) in [5.74, 6) is -2.03. The molecule has 1 atom stereocenters. The second-order valence-electron chi connectivity index (χ2n) is 11.3. The Morgan fingerprint density at radius 3 is 1.00 bits per heavy atom. The number of rotatable bonds is 30. The van der Waals surface area contributed by atoms with E-state index in [1.165, 1.54) is 128 Å². The Kier molecular flexibility index (Phi) is 27.1. The Bertz CT molecular complexity index is 483. The molecule has 0 aromatic carbocycles. The summed E-state index contributed by atoms with van der Waals surface area (Å²) in [5, 5.41) is 18.9.